The van der Waals surface area contributed by atoms with Crippen molar-refractivity contribution in [2.45, 2.75) is 25.9 Å². The minimum absolute atomic E-state index is 0. The molecule has 28 heavy (non-hydrogen) atoms. The predicted octanol–water partition coefficient (Wildman–Crippen LogP) is 4.11. The van der Waals surface area contributed by atoms with Crippen molar-refractivity contribution < 1.29 is 4.79 Å². The summed E-state index contributed by atoms with van der Waals surface area (Å²) in [6.07, 6.45) is 1.45. The van der Waals surface area contributed by atoms with E-state index in [0.29, 0.717) is 13.0 Å². The van der Waals surface area contributed by atoms with Gasteiger partial charge in [0.25, 0.3) is 0 Å². The molecule has 8 heteroatoms. The Morgan fingerprint density at radius 1 is 1.36 bits per heavy atom. The van der Waals surface area contributed by atoms with E-state index in [2.05, 4.69) is 48.7 Å². The Morgan fingerprint density at radius 2 is 2.14 bits per heavy atom. The van der Waals surface area contributed by atoms with Crippen molar-refractivity contribution in [2.75, 3.05) is 27.2 Å². The van der Waals surface area contributed by atoms with Crippen LogP contribution in [0.2, 0.25) is 0 Å². The number of carbonyl (C=O) groups is 1. The molecule has 0 saturated heterocycles. The van der Waals surface area contributed by atoms with E-state index in [1.807, 2.05) is 30.1 Å². The quantitative estimate of drug-likeness (QED) is 0.331. The number of nitrogens with zero attached hydrogens (tertiary/aromatic N) is 3. The van der Waals surface area contributed by atoms with E-state index in [1.54, 1.807) is 18.4 Å². The molecule has 0 saturated carbocycles. The third-order valence-electron chi connectivity index (χ3n) is 4.72. The molecule has 0 unspecified atom stereocenters. The number of rotatable bonds is 5. The lowest BCUT2D eigenvalue weighted by Gasteiger charge is -2.27. The second-order valence-corrected chi connectivity index (χ2v) is 8.46. The van der Waals surface area contributed by atoms with Crippen LogP contribution in [-0.2, 0) is 24.3 Å². The lowest BCUT2D eigenvalue weighted by atomic mass is 10.1. The number of fused-ring (bicyclic) bond motifs is 1. The zero-order valence-corrected chi connectivity index (χ0v) is 20.9. The molecule has 2 aromatic rings. The molecular formula is C20H26BrIN4OS. The van der Waals surface area contributed by atoms with Gasteiger partial charge >= 0.3 is 0 Å². The first-order valence-corrected chi connectivity index (χ1v) is 10.7. The maximum Gasteiger partial charge on any atom is 0.224 e. The highest BCUT2D eigenvalue weighted by atomic mass is 127. The minimum Gasteiger partial charge on any atom is -0.356 e. The van der Waals surface area contributed by atoms with Crippen LogP contribution >= 0.6 is 51.2 Å². The van der Waals surface area contributed by atoms with E-state index >= 15 is 0 Å². The van der Waals surface area contributed by atoms with Crippen LogP contribution in [0.15, 0.2) is 45.2 Å². The number of hydrogen-bond donors (Lipinski definition) is 1. The fourth-order valence-corrected chi connectivity index (χ4v) is 4.54. The van der Waals surface area contributed by atoms with Gasteiger partial charge in [-0.05, 0) is 35.1 Å². The highest BCUT2D eigenvalue weighted by Gasteiger charge is 2.21. The first kappa shape index (κ1) is 23.2. The summed E-state index contributed by atoms with van der Waals surface area (Å²) in [7, 11) is 3.77. The van der Waals surface area contributed by atoms with Gasteiger partial charge < -0.3 is 15.1 Å². The molecule has 0 radical (unpaired) electrons. The molecule has 152 valence electrons. The Kier molecular flexibility index (Phi) is 9.23. The van der Waals surface area contributed by atoms with E-state index in [4.69, 9.17) is 0 Å². The second-order valence-electron chi connectivity index (χ2n) is 6.61. The van der Waals surface area contributed by atoms with E-state index in [-0.39, 0.29) is 29.9 Å². The third kappa shape index (κ3) is 5.93. The number of thiophene rings is 1. The van der Waals surface area contributed by atoms with Crippen molar-refractivity contribution in [3.63, 3.8) is 0 Å². The molecule has 0 aliphatic carbocycles. The maximum atomic E-state index is 12.5. The van der Waals surface area contributed by atoms with E-state index in [9.17, 15) is 4.79 Å². The molecule has 1 aliphatic heterocycles. The second kappa shape index (κ2) is 11.2. The molecule has 5 nitrogen and oxygen atoms in total. The zero-order valence-electron chi connectivity index (χ0n) is 16.2. The van der Waals surface area contributed by atoms with Gasteiger partial charge in [0.15, 0.2) is 5.96 Å². The number of halogens is 2. The molecular weight excluding hydrogens is 551 g/mol. The molecule has 1 aliphatic rings. The molecule has 1 aromatic heterocycles. The maximum absolute atomic E-state index is 12.5. The van der Waals surface area contributed by atoms with Crippen molar-refractivity contribution >= 4 is 63.1 Å². The van der Waals surface area contributed by atoms with Crippen molar-refractivity contribution in [3.8, 4) is 0 Å². The summed E-state index contributed by atoms with van der Waals surface area (Å²) in [5.74, 6) is 0.987. The summed E-state index contributed by atoms with van der Waals surface area (Å²) in [4.78, 5) is 22.3. The molecule has 1 aromatic carbocycles. The third-order valence-corrected chi connectivity index (χ3v) is 6.52. The molecule has 2 heterocycles. The Bertz CT molecular complexity index is 826. The SMILES string of the molecule is CN=C(NCCC(=O)N1CCc2sccc2C1)N(C)Cc1ccccc1Br.I. The van der Waals surface area contributed by atoms with Gasteiger partial charge in [0.2, 0.25) is 5.91 Å². The normalized spacial score (nSPS) is 13.5. The van der Waals surface area contributed by atoms with Crippen LogP contribution in [-0.4, -0.2) is 48.9 Å². The summed E-state index contributed by atoms with van der Waals surface area (Å²) < 4.78 is 1.08. The fraction of sp³-hybridized carbons (Fsp3) is 0.400. The van der Waals surface area contributed by atoms with Crippen molar-refractivity contribution in [3.05, 3.63) is 56.2 Å². The number of amides is 1. The summed E-state index contributed by atoms with van der Waals surface area (Å²) in [6, 6.07) is 10.3. The van der Waals surface area contributed by atoms with Gasteiger partial charge in [-0.25, -0.2) is 0 Å². The van der Waals surface area contributed by atoms with Crippen molar-refractivity contribution in [1.82, 2.24) is 15.1 Å². The van der Waals surface area contributed by atoms with E-state index < -0.39 is 0 Å². The highest BCUT2D eigenvalue weighted by molar-refractivity contribution is 14.0. The average molecular weight is 577 g/mol. The van der Waals surface area contributed by atoms with Crippen LogP contribution < -0.4 is 5.32 Å². The molecule has 0 fully saturated rings. The van der Waals surface area contributed by atoms with Gasteiger partial charge in [-0.3, -0.25) is 9.79 Å². The number of carbonyl (C=O) groups excluding carboxylic acids is 1. The molecule has 0 spiro atoms. The topological polar surface area (TPSA) is 47.9 Å². The lowest BCUT2D eigenvalue weighted by molar-refractivity contribution is -0.131. The van der Waals surface area contributed by atoms with Crippen LogP contribution in [0, 0.1) is 0 Å². The van der Waals surface area contributed by atoms with Crippen LogP contribution in [0.5, 0.6) is 0 Å². The van der Waals surface area contributed by atoms with Crippen LogP contribution in [0.4, 0.5) is 0 Å². The Balaban J connectivity index is 0.00000280. The summed E-state index contributed by atoms with van der Waals surface area (Å²) in [5, 5.41) is 5.42. The lowest BCUT2D eigenvalue weighted by Crippen LogP contribution is -2.41. The molecule has 1 amide bonds. The first-order valence-electron chi connectivity index (χ1n) is 9.06. The van der Waals surface area contributed by atoms with Crippen LogP contribution in [0.3, 0.4) is 0 Å². The fourth-order valence-electron chi connectivity index (χ4n) is 3.24. The Morgan fingerprint density at radius 3 is 2.89 bits per heavy atom. The van der Waals surface area contributed by atoms with Crippen LogP contribution in [0.25, 0.3) is 0 Å². The number of guanidine groups is 1. The van der Waals surface area contributed by atoms with Gasteiger partial charge in [0, 0.05) is 56.0 Å². The molecule has 3 rings (SSSR count). The highest BCUT2D eigenvalue weighted by Crippen LogP contribution is 2.24. The van der Waals surface area contributed by atoms with Gasteiger partial charge in [-0.15, -0.1) is 35.3 Å². The molecule has 0 atom stereocenters. The van der Waals surface area contributed by atoms with Crippen molar-refractivity contribution in [1.29, 1.82) is 0 Å². The van der Waals surface area contributed by atoms with Crippen molar-refractivity contribution in [2.24, 2.45) is 4.99 Å². The number of aliphatic imine (C=N–C) groups is 1. The minimum atomic E-state index is 0. The average Bonchev–Trinajstić information content (AvgIpc) is 3.14. The van der Waals surface area contributed by atoms with E-state index in [1.165, 1.54) is 16.0 Å². The standard InChI is InChI=1S/C20H25BrN4OS.HI/c1-22-20(24(2)13-15-5-3-4-6-17(15)21)23-10-7-19(26)25-11-8-18-16(14-25)9-12-27-18;/h3-6,9,12H,7-8,10-11,13-14H2,1-2H3,(H,22,23);1H. The van der Waals surface area contributed by atoms with Gasteiger partial charge in [0.05, 0.1) is 0 Å². The predicted molar refractivity (Wildman–Crippen MR) is 130 cm³/mol. The number of hydrogen-bond acceptors (Lipinski definition) is 3. The first-order chi connectivity index (χ1) is 13.1. The Labute approximate surface area is 196 Å². The summed E-state index contributed by atoms with van der Waals surface area (Å²) in [5.41, 5.74) is 2.50. The molecule has 0 bridgehead atoms. The van der Waals surface area contributed by atoms with Gasteiger partial charge in [-0.1, -0.05) is 34.1 Å². The van der Waals surface area contributed by atoms with Crippen LogP contribution in [0.1, 0.15) is 22.4 Å². The number of benzene rings is 1. The van der Waals surface area contributed by atoms with E-state index in [0.717, 1.165) is 36.5 Å². The van der Waals surface area contributed by atoms with Gasteiger partial charge in [0.1, 0.15) is 0 Å². The monoisotopic (exact) mass is 576 g/mol. The largest absolute Gasteiger partial charge is 0.356 e. The number of nitrogens with one attached hydrogen (secondary N) is 1. The summed E-state index contributed by atoms with van der Waals surface area (Å²) in [6.45, 7) is 2.89. The van der Waals surface area contributed by atoms with Gasteiger partial charge in [-0.2, -0.15) is 0 Å². The smallest absolute Gasteiger partial charge is 0.224 e. The summed E-state index contributed by atoms with van der Waals surface area (Å²) >= 11 is 5.38. The Hall–Kier alpha value is -1.13. The molecule has 1 N–H and O–H groups in total. The zero-order chi connectivity index (χ0) is 19.2.